The van der Waals surface area contributed by atoms with Crippen molar-refractivity contribution in [1.82, 2.24) is 9.55 Å². The number of fused-ring (bicyclic) bond motifs is 1. The molecule has 1 aromatic carbocycles. The van der Waals surface area contributed by atoms with Gasteiger partial charge in [0.25, 0.3) is 0 Å². The zero-order valence-corrected chi connectivity index (χ0v) is 14.5. The van der Waals surface area contributed by atoms with Gasteiger partial charge in [0.2, 0.25) is 11.8 Å². The molecule has 0 atom stereocenters. The van der Waals surface area contributed by atoms with Crippen molar-refractivity contribution in [3.63, 3.8) is 0 Å². The van der Waals surface area contributed by atoms with Gasteiger partial charge in [0.15, 0.2) is 5.82 Å². The Morgan fingerprint density at radius 3 is 2.33 bits per heavy atom. The molecule has 2 heterocycles. The van der Waals surface area contributed by atoms with Gasteiger partial charge in [-0.1, -0.05) is 0 Å². The molecule has 0 aliphatic carbocycles. The Morgan fingerprint density at radius 2 is 1.79 bits per heavy atom. The molecule has 1 aromatic heterocycles. The molecule has 0 unspecified atom stereocenters. The maximum atomic E-state index is 12.0. The normalized spacial score (nSPS) is 13.3. The molecule has 1 aliphatic rings. The minimum Gasteiger partial charge on any atom is -0.497 e. The van der Waals surface area contributed by atoms with Gasteiger partial charge < -0.3 is 4.74 Å². The van der Waals surface area contributed by atoms with Gasteiger partial charge in [-0.2, -0.15) is 10.1 Å². The molecular weight excluding hydrogens is 328 g/mol. The number of methoxy groups -OCH3 is 1. The Kier molecular flexibility index (Phi) is 4.15. The first-order chi connectivity index (χ1) is 11.4. The molecule has 3 rings (SSSR count). The van der Waals surface area contributed by atoms with Crippen LogP contribution in [-0.4, -0.2) is 33.5 Å². The van der Waals surface area contributed by atoms with Crippen molar-refractivity contribution in [2.24, 2.45) is 5.10 Å². The molecule has 7 nitrogen and oxygen atoms in total. The Balaban J connectivity index is 2.10. The van der Waals surface area contributed by atoms with Gasteiger partial charge in [0, 0.05) is 19.4 Å². The monoisotopic (exact) mass is 344 g/mol. The minimum atomic E-state index is -0.268. The molecule has 1 amide bonds. The number of hydrazone groups is 1. The average Bonchev–Trinajstić information content (AvgIpc) is 2.89. The van der Waals surface area contributed by atoms with Gasteiger partial charge in [-0.15, -0.1) is 0 Å². The van der Waals surface area contributed by atoms with E-state index in [4.69, 9.17) is 4.74 Å². The molecule has 0 spiro atoms. The number of carbonyl (C=O) groups is 2. The summed E-state index contributed by atoms with van der Waals surface area (Å²) < 4.78 is 6.65. The average molecular weight is 344 g/mol. The van der Waals surface area contributed by atoms with Gasteiger partial charge >= 0.3 is 0 Å². The zero-order chi connectivity index (χ0) is 17.4. The van der Waals surface area contributed by atoms with Crippen LogP contribution >= 0.6 is 11.8 Å². The second-order valence-corrected chi connectivity index (χ2v) is 6.19. The molecule has 0 fully saturated rings. The Hall–Kier alpha value is -2.61. The van der Waals surface area contributed by atoms with Crippen molar-refractivity contribution in [2.75, 3.05) is 12.1 Å². The summed E-state index contributed by atoms with van der Waals surface area (Å²) in [6.07, 6.45) is 0. The third-order valence-electron chi connectivity index (χ3n) is 3.52. The molecule has 24 heavy (non-hydrogen) atoms. The summed E-state index contributed by atoms with van der Waals surface area (Å²) in [7, 11) is 1.60. The number of amides is 1. The zero-order valence-electron chi connectivity index (χ0n) is 13.7. The largest absolute Gasteiger partial charge is 0.497 e. The first-order valence-electron chi connectivity index (χ1n) is 7.24. The number of hydrogen-bond acceptors (Lipinski definition) is 6. The molecule has 8 heteroatoms. The van der Waals surface area contributed by atoms with Crippen LogP contribution in [0.25, 0.3) is 0 Å². The summed E-state index contributed by atoms with van der Waals surface area (Å²) in [6.45, 7) is 4.61. The molecule has 0 radical (unpaired) electrons. The fourth-order valence-corrected chi connectivity index (χ4v) is 3.55. The van der Waals surface area contributed by atoms with Gasteiger partial charge in [-0.25, -0.2) is 4.98 Å². The molecule has 0 saturated heterocycles. The van der Waals surface area contributed by atoms with E-state index in [1.165, 1.54) is 35.2 Å². The second-order valence-electron chi connectivity index (χ2n) is 5.21. The lowest BCUT2D eigenvalue weighted by Crippen LogP contribution is -2.28. The van der Waals surface area contributed by atoms with Crippen LogP contribution in [0.5, 0.6) is 5.75 Å². The van der Waals surface area contributed by atoms with Crippen LogP contribution in [0.1, 0.15) is 30.0 Å². The number of rotatable bonds is 2. The number of nitrogens with zero attached hydrogens (tertiary/aromatic N) is 4. The van der Waals surface area contributed by atoms with Crippen molar-refractivity contribution in [2.45, 2.75) is 25.8 Å². The summed E-state index contributed by atoms with van der Waals surface area (Å²) in [5, 5.41) is 6.84. The number of aromatic nitrogens is 2. The number of benzene rings is 1. The van der Waals surface area contributed by atoms with Gasteiger partial charge in [-0.05, 0) is 43.0 Å². The van der Waals surface area contributed by atoms with Gasteiger partial charge in [0.1, 0.15) is 21.6 Å². The van der Waals surface area contributed by atoms with Crippen LogP contribution in [-0.2, 0) is 4.79 Å². The van der Waals surface area contributed by atoms with Gasteiger partial charge in [-0.3, -0.25) is 14.2 Å². The first-order valence-corrected chi connectivity index (χ1v) is 8.06. The van der Waals surface area contributed by atoms with Crippen molar-refractivity contribution in [3.8, 4) is 5.75 Å². The van der Waals surface area contributed by atoms with Crippen molar-refractivity contribution < 1.29 is 14.3 Å². The van der Waals surface area contributed by atoms with E-state index in [1.807, 2.05) is 24.3 Å². The molecular formula is C16H16N4O3S. The van der Waals surface area contributed by atoms with Crippen LogP contribution in [0.3, 0.4) is 0 Å². The van der Waals surface area contributed by atoms with E-state index in [9.17, 15) is 9.59 Å². The van der Waals surface area contributed by atoms with Crippen molar-refractivity contribution in [1.29, 1.82) is 0 Å². The lowest BCUT2D eigenvalue weighted by atomic mass is 10.2. The first kappa shape index (κ1) is 16.3. The Bertz CT molecular complexity index is 855. The fraction of sp³-hybridized carbons (Fsp3) is 0.250. The van der Waals surface area contributed by atoms with E-state index in [-0.39, 0.29) is 11.8 Å². The van der Waals surface area contributed by atoms with Crippen LogP contribution in [0.15, 0.2) is 34.4 Å². The van der Waals surface area contributed by atoms with E-state index in [0.717, 1.165) is 11.3 Å². The van der Waals surface area contributed by atoms with Gasteiger partial charge in [0.05, 0.1) is 7.11 Å². The lowest BCUT2D eigenvalue weighted by molar-refractivity contribution is -0.116. The number of thioether (sulfide) groups is 1. The smallest absolute Gasteiger partial charge is 0.245 e. The van der Waals surface area contributed by atoms with Crippen LogP contribution in [0.4, 0.5) is 5.82 Å². The number of ether oxygens (including phenoxy) is 1. The van der Waals surface area contributed by atoms with Crippen LogP contribution in [0, 0.1) is 6.92 Å². The summed E-state index contributed by atoms with van der Waals surface area (Å²) >= 11 is 1.32. The van der Waals surface area contributed by atoms with Crippen LogP contribution in [0.2, 0.25) is 0 Å². The lowest BCUT2D eigenvalue weighted by Gasteiger charge is -2.21. The highest BCUT2D eigenvalue weighted by Crippen LogP contribution is 2.38. The Morgan fingerprint density at radius 1 is 1.12 bits per heavy atom. The number of carbonyl (C=O) groups excluding carboxylic acids is 2. The molecule has 0 N–H and O–H groups in total. The molecule has 0 bridgehead atoms. The number of anilines is 1. The summed E-state index contributed by atoms with van der Waals surface area (Å²) in [4.78, 5) is 28.3. The molecule has 0 saturated carbocycles. The third-order valence-corrected chi connectivity index (χ3v) is 4.59. The minimum absolute atomic E-state index is 0.159. The molecule has 1 aliphatic heterocycles. The van der Waals surface area contributed by atoms with E-state index in [2.05, 4.69) is 10.1 Å². The number of imidazole rings is 1. The number of hydrogen-bond donors (Lipinski definition) is 0. The highest BCUT2D eigenvalue weighted by molar-refractivity contribution is 8.14. The molecule has 2 aromatic rings. The topological polar surface area (TPSA) is 76.8 Å². The van der Waals surface area contributed by atoms with E-state index in [1.54, 1.807) is 14.0 Å². The third kappa shape index (κ3) is 2.69. The highest BCUT2D eigenvalue weighted by Gasteiger charge is 2.31. The van der Waals surface area contributed by atoms with Crippen molar-refractivity contribution in [3.05, 3.63) is 35.7 Å². The predicted molar refractivity (Wildman–Crippen MR) is 91.8 cm³/mol. The summed E-state index contributed by atoms with van der Waals surface area (Å²) in [5.74, 6) is 1.22. The Labute approximate surface area is 143 Å². The quantitative estimate of drug-likeness (QED) is 0.837. The van der Waals surface area contributed by atoms with Crippen LogP contribution < -0.4 is 9.75 Å². The second kappa shape index (κ2) is 6.12. The SMILES string of the molecule is COc1ccc(C2=NN(C(C)=O)c3nc(C)n(C(C)=O)c3S2)cc1. The fourth-order valence-electron chi connectivity index (χ4n) is 2.42. The predicted octanol–water partition coefficient (Wildman–Crippen LogP) is 2.68. The number of aryl methyl sites for hydroxylation is 1. The van der Waals surface area contributed by atoms with E-state index < -0.39 is 0 Å². The summed E-state index contributed by atoms with van der Waals surface area (Å²) in [5.41, 5.74) is 0.826. The van der Waals surface area contributed by atoms with E-state index >= 15 is 0 Å². The maximum Gasteiger partial charge on any atom is 0.245 e. The standard InChI is InChI=1S/C16H16N4O3S/c1-9-17-14-16(19(9)10(2)21)24-15(18-20(14)11(3)22)12-5-7-13(23-4)8-6-12/h5-8H,1-4H3. The maximum absolute atomic E-state index is 12.0. The van der Waals surface area contributed by atoms with E-state index in [0.29, 0.717) is 21.7 Å². The molecule has 124 valence electrons. The van der Waals surface area contributed by atoms with Crippen molar-refractivity contribution >= 4 is 34.4 Å². The summed E-state index contributed by atoms with van der Waals surface area (Å²) in [6, 6.07) is 7.35. The highest BCUT2D eigenvalue weighted by atomic mass is 32.2.